The van der Waals surface area contributed by atoms with Crippen molar-refractivity contribution in [3.8, 4) is 0 Å². The second-order valence-corrected chi connectivity index (χ2v) is 3.43. The van der Waals surface area contributed by atoms with Gasteiger partial charge in [0, 0.05) is 19.7 Å². The van der Waals surface area contributed by atoms with Gasteiger partial charge in [0.2, 0.25) is 5.95 Å². The Kier molecular flexibility index (Phi) is 4.68. The highest BCUT2D eigenvalue weighted by atomic mass is 19.4. The number of alkyl halides is 3. The molecule has 1 heterocycles. The summed E-state index contributed by atoms with van der Waals surface area (Å²) in [5.74, 6) is -0.278. The predicted molar refractivity (Wildman–Crippen MR) is 58.2 cm³/mol. The zero-order chi connectivity index (χ0) is 13.8. The third-order valence-electron chi connectivity index (χ3n) is 1.97. The molecule has 0 radical (unpaired) electrons. The number of aliphatic hydroxyl groups is 2. The quantitative estimate of drug-likeness (QED) is 0.613. The van der Waals surface area contributed by atoms with Crippen LogP contribution >= 0.6 is 0 Å². The van der Waals surface area contributed by atoms with Crippen molar-refractivity contribution in [2.24, 2.45) is 0 Å². The SMILES string of the molecule is CNc1nc(NCC(O)CO)cc(C(F)(F)F)n1. The van der Waals surface area contributed by atoms with Crippen LogP contribution in [-0.4, -0.2) is 46.5 Å². The summed E-state index contributed by atoms with van der Waals surface area (Å²) < 4.78 is 37.5. The lowest BCUT2D eigenvalue weighted by molar-refractivity contribution is -0.141. The number of nitrogens with zero attached hydrogens (tertiary/aromatic N) is 2. The van der Waals surface area contributed by atoms with Crippen molar-refractivity contribution in [3.05, 3.63) is 11.8 Å². The summed E-state index contributed by atoms with van der Waals surface area (Å²) in [5, 5.41) is 22.6. The number of hydrogen-bond donors (Lipinski definition) is 4. The van der Waals surface area contributed by atoms with Crippen molar-refractivity contribution in [1.82, 2.24) is 9.97 Å². The van der Waals surface area contributed by atoms with Crippen molar-refractivity contribution in [2.75, 3.05) is 30.8 Å². The van der Waals surface area contributed by atoms with E-state index in [1.165, 1.54) is 7.05 Å². The molecular weight excluding hydrogens is 253 g/mol. The van der Waals surface area contributed by atoms with Gasteiger partial charge in [-0.1, -0.05) is 0 Å². The zero-order valence-corrected chi connectivity index (χ0v) is 9.49. The van der Waals surface area contributed by atoms with Gasteiger partial charge in [0.05, 0.1) is 12.7 Å². The van der Waals surface area contributed by atoms with Crippen LogP contribution < -0.4 is 10.6 Å². The molecule has 1 aromatic rings. The first-order valence-electron chi connectivity index (χ1n) is 5.03. The fourth-order valence-electron chi connectivity index (χ4n) is 1.08. The molecule has 0 saturated heterocycles. The number of halogens is 3. The highest BCUT2D eigenvalue weighted by Gasteiger charge is 2.33. The van der Waals surface area contributed by atoms with Gasteiger partial charge in [-0.05, 0) is 0 Å². The monoisotopic (exact) mass is 266 g/mol. The normalized spacial score (nSPS) is 13.2. The number of rotatable bonds is 5. The van der Waals surface area contributed by atoms with E-state index in [0.717, 1.165) is 6.07 Å². The Hall–Kier alpha value is -1.61. The third-order valence-corrected chi connectivity index (χ3v) is 1.97. The number of nitrogens with one attached hydrogen (secondary N) is 2. The van der Waals surface area contributed by atoms with Gasteiger partial charge in [-0.15, -0.1) is 0 Å². The Bertz CT molecular complexity index is 400. The summed E-state index contributed by atoms with van der Waals surface area (Å²) in [5.41, 5.74) is -1.09. The number of anilines is 2. The van der Waals surface area contributed by atoms with Gasteiger partial charge in [0.1, 0.15) is 5.82 Å². The maximum Gasteiger partial charge on any atom is 0.433 e. The summed E-state index contributed by atoms with van der Waals surface area (Å²) in [6.45, 7) is -0.614. The molecule has 1 atom stereocenters. The van der Waals surface area contributed by atoms with Crippen LogP contribution in [0.1, 0.15) is 5.69 Å². The zero-order valence-electron chi connectivity index (χ0n) is 9.49. The van der Waals surface area contributed by atoms with Crippen molar-refractivity contribution in [2.45, 2.75) is 12.3 Å². The van der Waals surface area contributed by atoms with Crippen LogP contribution in [0.3, 0.4) is 0 Å². The van der Waals surface area contributed by atoms with Crippen LogP contribution in [0.5, 0.6) is 0 Å². The highest BCUT2D eigenvalue weighted by Crippen LogP contribution is 2.29. The molecule has 6 nitrogen and oxygen atoms in total. The van der Waals surface area contributed by atoms with Gasteiger partial charge in [-0.2, -0.15) is 18.2 Å². The van der Waals surface area contributed by atoms with Gasteiger partial charge < -0.3 is 20.8 Å². The molecule has 0 aliphatic heterocycles. The van der Waals surface area contributed by atoms with E-state index in [9.17, 15) is 13.2 Å². The first-order valence-corrected chi connectivity index (χ1v) is 5.03. The lowest BCUT2D eigenvalue weighted by atomic mass is 10.3. The van der Waals surface area contributed by atoms with Crippen LogP contribution in [0, 0.1) is 0 Å². The Labute approximate surface area is 101 Å². The Balaban J connectivity index is 2.91. The molecule has 9 heteroatoms. The van der Waals surface area contributed by atoms with Crippen molar-refractivity contribution >= 4 is 11.8 Å². The fourth-order valence-corrected chi connectivity index (χ4v) is 1.08. The van der Waals surface area contributed by atoms with E-state index in [1.54, 1.807) is 0 Å². The van der Waals surface area contributed by atoms with Crippen LogP contribution in [0.4, 0.5) is 24.9 Å². The number of hydrogen-bond acceptors (Lipinski definition) is 6. The second-order valence-electron chi connectivity index (χ2n) is 3.43. The highest BCUT2D eigenvalue weighted by molar-refractivity contribution is 5.42. The fraction of sp³-hybridized carbons (Fsp3) is 0.556. The largest absolute Gasteiger partial charge is 0.433 e. The molecule has 0 fully saturated rings. The van der Waals surface area contributed by atoms with Gasteiger partial charge in [-0.25, -0.2) is 4.98 Å². The van der Waals surface area contributed by atoms with Crippen molar-refractivity contribution in [1.29, 1.82) is 0 Å². The smallest absolute Gasteiger partial charge is 0.394 e. The average molecular weight is 266 g/mol. The predicted octanol–water partition coefficient (Wildman–Crippen LogP) is 0.302. The van der Waals surface area contributed by atoms with E-state index < -0.39 is 24.6 Å². The molecule has 0 amide bonds. The Morgan fingerprint density at radius 3 is 2.56 bits per heavy atom. The molecule has 0 bridgehead atoms. The van der Waals surface area contributed by atoms with Crippen LogP contribution in [0.2, 0.25) is 0 Å². The maximum atomic E-state index is 12.5. The first kappa shape index (κ1) is 14.5. The molecule has 1 unspecified atom stereocenters. The number of aliphatic hydroxyl groups excluding tert-OH is 2. The summed E-state index contributed by atoms with van der Waals surface area (Å²) in [6.07, 6.45) is -5.66. The van der Waals surface area contributed by atoms with E-state index in [2.05, 4.69) is 20.6 Å². The van der Waals surface area contributed by atoms with Crippen LogP contribution in [-0.2, 0) is 6.18 Å². The minimum absolute atomic E-state index is 0.0887. The molecule has 0 aromatic carbocycles. The Morgan fingerprint density at radius 2 is 2.06 bits per heavy atom. The molecule has 0 saturated carbocycles. The molecule has 1 rings (SSSR count). The minimum Gasteiger partial charge on any atom is -0.394 e. The molecule has 18 heavy (non-hydrogen) atoms. The molecule has 0 spiro atoms. The molecular formula is C9H13F3N4O2. The summed E-state index contributed by atoms with van der Waals surface area (Å²) in [4.78, 5) is 7.02. The molecule has 1 aromatic heterocycles. The minimum atomic E-state index is -4.58. The van der Waals surface area contributed by atoms with E-state index in [1.807, 2.05) is 0 Å². The maximum absolute atomic E-state index is 12.5. The first-order chi connectivity index (χ1) is 8.36. The van der Waals surface area contributed by atoms with Gasteiger partial charge in [0.15, 0.2) is 5.69 Å². The van der Waals surface area contributed by atoms with Gasteiger partial charge >= 0.3 is 6.18 Å². The van der Waals surface area contributed by atoms with Crippen LogP contribution in [0.25, 0.3) is 0 Å². The van der Waals surface area contributed by atoms with Crippen molar-refractivity contribution in [3.63, 3.8) is 0 Å². The van der Waals surface area contributed by atoms with E-state index in [-0.39, 0.29) is 18.3 Å². The average Bonchev–Trinajstić information content (AvgIpc) is 2.34. The standard InChI is InChI=1S/C9H13F3N4O2/c1-13-8-15-6(9(10,11)12)2-7(16-8)14-3-5(18)4-17/h2,5,17-18H,3-4H2,1H3,(H2,13,14,15,16). The summed E-state index contributed by atoms with van der Waals surface area (Å²) in [7, 11) is 1.39. The summed E-state index contributed by atoms with van der Waals surface area (Å²) in [6, 6.07) is 0.727. The molecule has 0 aliphatic rings. The Morgan fingerprint density at radius 1 is 1.39 bits per heavy atom. The lowest BCUT2D eigenvalue weighted by Gasteiger charge is -2.13. The molecule has 0 aliphatic carbocycles. The van der Waals surface area contributed by atoms with E-state index in [0.29, 0.717) is 0 Å². The molecule has 102 valence electrons. The molecule has 4 N–H and O–H groups in total. The topological polar surface area (TPSA) is 90.3 Å². The van der Waals surface area contributed by atoms with Gasteiger partial charge in [-0.3, -0.25) is 0 Å². The second kappa shape index (κ2) is 5.83. The van der Waals surface area contributed by atoms with Crippen molar-refractivity contribution < 1.29 is 23.4 Å². The van der Waals surface area contributed by atoms with E-state index >= 15 is 0 Å². The lowest BCUT2D eigenvalue weighted by Crippen LogP contribution is -2.24. The van der Waals surface area contributed by atoms with E-state index in [4.69, 9.17) is 10.2 Å². The van der Waals surface area contributed by atoms with Gasteiger partial charge in [0.25, 0.3) is 0 Å². The van der Waals surface area contributed by atoms with Crippen LogP contribution in [0.15, 0.2) is 6.07 Å². The summed E-state index contributed by atoms with van der Waals surface area (Å²) >= 11 is 0. The number of aromatic nitrogens is 2. The third kappa shape index (κ3) is 4.00.